The molecule has 0 fully saturated rings. The Morgan fingerprint density at radius 3 is 2.67 bits per heavy atom. The van der Waals surface area contributed by atoms with Crippen LogP contribution in [-0.2, 0) is 0 Å². The molecule has 0 aliphatic rings. The Morgan fingerprint density at radius 2 is 2.11 bits per heavy atom. The molecule has 98 valence electrons. The molecular formula is C9H9BrCl2N4O2. The van der Waals surface area contributed by atoms with Gasteiger partial charge in [-0.2, -0.15) is 9.12 Å². The zero-order chi connectivity index (χ0) is 13.4. The van der Waals surface area contributed by atoms with Crippen molar-refractivity contribution in [3.05, 3.63) is 28.2 Å². The lowest BCUT2D eigenvalue weighted by Crippen LogP contribution is -2.31. The molecule has 0 saturated carbocycles. The van der Waals surface area contributed by atoms with Gasteiger partial charge in [-0.05, 0) is 12.1 Å². The van der Waals surface area contributed by atoms with E-state index in [2.05, 4.69) is 30.7 Å². The highest BCUT2D eigenvalue weighted by atomic mass is 79.9. The summed E-state index contributed by atoms with van der Waals surface area (Å²) in [6, 6.07) is 5.06. The molecule has 3 N–H and O–H groups in total. The van der Waals surface area contributed by atoms with Crippen molar-refractivity contribution in [3.8, 4) is 5.75 Å². The van der Waals surface area contributed by atoms with E-state index in [1.54, 1.807) is 23.7 Å². The third-order valence-electron chi connectivity index (χ3n) is 1.67. The topological polar surface area (TPSA) is 78.2 Å². The number of nitrogens with one attached hydrogen (secondary N) is 2. The average molecular weight is 356 g/mol. The summed E-state index contributed by atoms with van der Waals surface area (Å²) in [5, 5.41) is 13.1. The van der Waals surface area contributed by atoms with E-state index < -0.39 is 0 Å². The predicted molar refractivity (Wildman–Crippen MR) is 74.9 cm³/mol. The molecule has 0 atom stereocenters. The molecule has 18 heavy (non-hydrogen) atoms. The second kappa shape index (κ2) is 8.15. The molecular weight excluding hydrogens is 347 g/mol. The van der Waals surface area contributed by atoms with Crippen LogP contribution >= 0.6 is 39.3 Å². The maximum absolute atomic E-state index is 8.52. The lowest BCUT2D eigenvalue weighted by molar-refractivity contribution is 0.230. The van der Waals surface area contributed by atoms with E-state index in [1.807, 2.05) is 0 Å². The van der Waals surface area contributed by atoms with Crippen molar-refractivity contribution < 1.29 is 9.94 Å². The predicted octanol–water partition coefficient (Wildman–Crippen LogP) is 2.59. The molecule has 1 aromatic carbocycles. The van der Waals surface area contributed by atoms with Crippen LogP contribution in [-0.4, -0.2) is 24.0 Å². The molecule has 0 aromatic heterocycles. The first-order chi connectivity index (χ1) is 8.69. The van der Waals surface area contributed by atoms with Crippen molar-refractivity contribution in [2.24, 2.45) is 9.12 Å². The van der Waals surface area contributed by atoms with E-state index in [9.17, 15) is 0 Å². The number of ether oxygens (including phenoxy) is 1. The number of para-hydroxylation sites is 1. The third-order valence-corrected chi connectivity index (χ3v) is 2.62. The third kappa shape index (κ3) is 4.69. The maximum atomic E-state index is 8.52. The molecule has 1 rings (SSSR count). The Bertz CT molecular complexity index is 436. The van der Waals surface area contributed by atoms with E-state index >= 15 is 0 Å². The van der Waals surface area contributed by atoms with Crippen molar-refractivity contribution >= 4 is 51.5 Å². The number of hydroxylamine groups is 1. The van der Waals surface area contributed by atoms with Gasteiger partial charge in [-0.25, -0.2) is 10.9 Å². The zero-order valence-corrected chi connectivity index (χ0v) is 12.0. The molecule has 0 saturated heterocycles. The fraction of sp³-hybridized carbons (Fsp3) is 0.111. The maximum Gasteiger partial charge on any atom is 0.248 e. The Hall–Kier alpha value is -1.02. The van der Waals surface area contributed by atoms with Crippen LogP contribution in [0.25, 0.3) is 0 Å². The number of guanidine groups is 1. The second-order valence-electron chi connectivity index (χ2n) is 2.83. The minimum atomic E-state index is 0.0297. The summed E-state index contributed by atoms with van der Waals surface area (Å²) in [6.45, 7) is 0.150. The van der Waals surface area contributed by atoms with Gasteiger partial charge in [0, 0.05) is 0 Å². The molecule has 1 aromatic rings. The molecule has 0 heterocycles. The van der Waals surface area contributed by atoms with Gasteiger partial charge in [0.2, 0.25) is 5.96 Å². The standard InChI is InChI=1S/C9H9BrCl2N4O2/c10-14-9(16-17)15-13-4-5-18-8-6(11)2-1-3-7(8)12/h1-4,17H,5H2,(H2,14,15,16). The molecule has 6 nitrogen and oxygen atoms in total. The van der Waals surface area contributed by atoms with E-state index in [4.69, 9.17) is 33.1 Å². The lowest BCUT2D eigenvalue weighted by atomic mass is 10.3. The SMILES string of the molecule is ONC(=NBr)NN=CCOc1c(Cl)cccc1Cl. The van der Waals surface area contributed by atoms with Crippen molar-refractivity contribution in [2.75, 3.05) is 6.61 Å². The van der Waals surface area contributed by atoms with Gasteiger partial charge in [0.05, 0.1) is 32.4 Å². The molecule has 0 bridgehead atoms. The van der Waals surface area contributed by atoms with Gasteiger partial charge in [0.25, 0.3) is 0 Å². The first kappa shape index (κ1) is 15.0. The van der Waals surface area contributed by atoms with Crippen LogP contribution in [0.3, 0.4) is 0 Å². The number of benzene rings is 1. The van der Waals surface area contributed by atoms with Gasteiger partial charge in [-0.15, -0.1) is 0 Å². The van der Waals surface area contributed by atoms with Gasteiger partial charge < -0.3 is 4.74 Å². The van der Waals surface area contributed by atoms with Crippen LogP contribution in [0, 0.1) is 0 Å². The first-order valence-corrected chi connectivity index (χ1v) is 6.09. The van der Waals surface area contributed by atoms with E-state index in [1.165, 1.54) is 6.21 Å². The summed E-state index contributed by atoms with van der Waals surface area (Å²) >= 11 is 14.6. The summed E-state index contributed by atoms with van der Waals surface area (Å²) in [5.41, 5.74) is 4.17. The molecule has 9 heteroatoms. The molecule has 0 aliphatic heterocycles. The number of hydrogen-bond donors (Lipinski definition) is 3. The number of hydrogen-bond acceptors (Lipinski definition) is 4. The summed E-state index contributed by atoms with van der Waals surface area (Å²) < 4.78 is 8.78. The van der Waals surface area contributed by atoms with Crippen LogP contribution < -0.4 is 15.6 Å². The average Bonchev–Trinajstić information content (AvgIpc) is 2.37. The summed E-state index contributed by atoms with van der Waals surface area (Å²) in [7, 11) is 0. The Balaban J connectivity index is 2.45. The van der Waals surface area contributed by atoms with Crippen molar-refractivity contribution in [3.63, 3.8) is 0 Å². The fourth-order valence-corrected chi connectivity index (χ4v) is 1.61. The van der Waals surface area contributed by atoms with Crippen molar-refractivity contribution in [2.45, 2.75) is 0 Å². The van der Waals surface area contributed by atoms with Crippen molar-refractivity contribution in [1.82, 2.24) is 10.9 Å². The highest BCUT2D eigenvalue weighted by Gasteiger charge is 2.05. The fourth-order valence-electron chi connectivity index (χ4n) is 0.948. The van der Waals surface area contributed by atoms with Crippen LogP contribution in [0.1, 0.15) is 0 Å². The Morgan fingerprint density at radius 1 is 1.44 bits per heavy atom. The number of halogens is 3. The van der Waals surface area contributed by atoms with Gasteiger partial charge in [0.15, 0.2) is 5.75 Å². The van der Waals surface area contributed by atoms with Crippen LogP contribution in [0.15, 0.2) is 27.3 Å². The van der Waals surface area contributed by atoms with Gasteiger partial charge in [0.1, 0.15) is 6.61 Å². The van der Waals surface area contributed by atoms with Gasteiger partial charge in [-0.3, -0.25) is 5.21 Å². The first-order valence-electron chi connectivity index (χ1n) is 4.62. The Kier molecular flexibility index (Phi) is 6.81. The Labute approximate surface area is 122 Å². The molecule has 0 unspecified atom stereocenters. The lowest BCUT2D eigenvalue weighted by Gasteiger charge is -2.07. The van der Waals surface area contributed by atoms with E-state index in [0.29, 0.717) is 15.8 Å². The summed E-state index contributed by atoms with van der Waals surface area (Å²) in [6.07, 6.45) is 1.41. The highest BCUT2D eigenvalue weighted by molar-refractivity contribution is 9.08. The quantitative estimate of drug-likeness (QED) is 0.440. The molecule has 0 amide bonds. The van der Waals surface area contributed by atoms with Crippen LogP contribution in [0.5, 0.6) is 5.75 Å². The van der Waals surface area contributed by atoms with E-state index in [0.717, 1.165) is 0 Å². The van der Waals surface area contributed by atoms with Crippen molar-refractivity contribution in [1.29, 1.82) is 0 Å². The minimum absolute atomic E-state index is 0.0297. The van der Waals surface area contributed by atoms with Crippen LogP contribution in [0.2, 0.25) is 10.0 Å². The zero-order valence-electron chi connectivity index (χ0n) is 8.90. The normalized spacial score (nSPS) is 11.7. The van der Waals surface area contributed by atoms with E-state index in [-0.39, 0.29) is 12.6 Å². The second-order valence-corrected chi connectivity index (χ2v) is 4.00. The largest absolute Gasteiger partial charge is 0.485 e. The van der Waals surface area contributed by atoms with Crippen LogP contribution in [0.4, 0.5) is 0 Å². The number of nitrogens with zero attached hydrogens (tertiary/aromatic N) is 2. The molecule has 0 radical (unpaired) electrons. The monoisotopic (exact) mass is 354 g/mol. The highest BCUT2D eigenvalue weighted by Crippen LogP contribution is 2.31. The number of rotatable bonds is 4. The van der Waals surface area contributed by atoms with Gasteiger partial charge in [-0.1, -0.05) is 29.3 Å². The minimum Gasteiger partial charge on any atom is -0.485 e. The summed E-state index contributed by atoms with van der Waals surface area (Å²) in [5.74, 6) is 0.420. The smallest absolute Gasteiger partial charge is 0.248 e. The number of hydrazone groups is 1. The van der Waals surface area contributed by atoms with Gasteiger partial charge >= 0.3 is 0 Å². The molecule has 0 aliphatic carbocycles. The molecule has 0 spiro atoms. The summed E-state index contributed by atoms with van der Waals surface area (Å²) in [4.78, 5) is 0.